The molecule has 0 radical (unpaired) electrons. The number of hydrogen-bond acceptors (Lipinski definition) is 3. The Hall–Kier alpha value is -2.43. The van der Waals surface area contributed by atoms with Crippen molar-refractivity contribution in [3.05, 3.63) is 85.1 Å². The molecule has 0 spiro atoms. The van der Waals surface area contributed by atoms with Gasteiger partial charge in [0, 0.05) is 6.42 Å². The predicted octanol–water partition coefficient (Wildman–Crippen LogP) is 17.6. The van der Waals surface area contributed by atoms with Crippen LogP contribution in [0.15, 0.2) is 85.1 Å². The van der Waals surface area contributed by atoms with Crippen molar-refractivity contribution < 1.29 is 15.0 Å². The van der Waals surface area contributed by atoms with Crippen LogP contribution >= 0.6 is 0 Å². The monoisotopic (exact) mass is 862 g/mol. The van der Waals surface area contributed by atoms with Crippen molar-refractivity contribution in [1.29, 1.82) is 0 Å². The molecule has 0 aliphatic heterocycles. The van der Waals surface area contributed by atoms with Gasteiger partial charge in [-0.3, -0.25) is 4.79 Å². The molecule has 0 aromatic heterocycles. The molecule has 0 bridgehead atoms. The first-order valence-electron chi connectivity index (χ1n) is 26.8. The van der Waals surface area contributed by atoms with E-state index >= 15 is 0 Å². The minimum atomic E-state index is -0.844. The number of unbranched alkanes of at least 4 members (excludes halogenated alkanes) is 29. The molecule has 0 aliphatic rings. The van der Waals surface area contributed by atoms with Crippen LogP contribution in [-0.4, -0.2) is 34.9 Å². The Kier molecular flexibility index (Phi) is 50.8. The average molecular weight is 862 g/mol. The quantitative estimate of drug-likeness (QED) is 0.0422. The standard InChI is InChI=1S/C58H103NO3/c1-3-5-7-9-11-13-15-17-19-21-23-24-25-26-27-28-29-30-31-32-33-34-36-38-40-42-44-46-48-50-52-54-58(62)59-56(55-60)57(61)53-51-49-47-45-43-41-39-37-35-22-20-18-16-14-12-10-8-6-4-2/h5,7,11,13,17,19,23-24,26-27,29-30,51,53,56-57,60-61H,3-4,6,8-10,12,14-16,18,20-22,25,28,31-50,52,54-55H2,1-2H3,(H,59,62)/b7-5-,13-11-,19-17-,24-23-,27-26-,30-29-,53-51+. The second-order valence-electron chi connectivity index (χ2n) is 17.9. The summed E-state index contributed by atoms with van der Waals surface area (Å²) in [5.74, 6) is -0.0676. The average Bonchev–Trinajstić information content (AvgIpc) is 3.28. The summed E-state index contributed by atoms with van der Waals surface area (Å²) in [4.78, 5) is 12.5. The van der Waals surface area contributed by atoms with E-state index in [0.717, 1.165) is 64.2 Å². The van der Waals surface area contributed by atoms with Gasteiger partial charge in [0.1, 0.15) is 0 Å². The van der Waals surface area contributed by atoms with Crippen molar-refractivity contribution in [2.75, 3.05) is 6.61 Å². The number of aliphatic hydroxyl groups excluding tert-OH is 2. The zero-order valence-corrected chi connectivity index (χ0v) is 41.1. The highest BCUT2D eigenvalue weighted by Crippen LogP contribution is 2.16. The number of hydrogen-bond donors (Lipinski definition) is 3. The lowest BCUT2D eigenvalue weighted by Gasteiger charge is -2.20. The largest absolute Gasteiger partial charge is 0.394 e. The van der Waals surface area contributed by atoms with E-state index in [1.54, 1.807) is 6.08 Å². The van der Waals surface area contributed by atoms with Gasteiger partial charge < -0.3 is 15.5 Å². The number of nitrogens with one attached hydrogen (secondary N) is 1. The summed E-state index contributed by atoms with van der Waals surface area (Å²) >= 11 is 0. The maximum Gasteiger partial charge on any atom is 0.220 e. The van der Waals surface area contributed by atoms with E-state index in [-0.39, 0.29) is 12.5 Å². The van der Waals surface area contributed by atoms with E-state index in [1.165, 1.54) is 173 Å². The van der Waals surface area contributed by atoms with Crippen LogP contribution in [-0.2, 0) is 4.79 Å². The van der Waals surface area contributed by atoms with Crippen molar-refractivity contribution in [1.82, 2.24) is 5.32 Å². The summed E-state index contributed by atoms with van der Waals surface area (Å²) in [6.45, 7) is 4.21. The molecule has 2 unspecified atom stereocenters. The summed E-state index contributed by atoms with van der Waals surface area (Å²) in [6, 6.07) is -0.628. The zero-order chi connectivity index (χ0) is 44.9. The first-order chi connectivity index (χ1) is 30.7. The maximum atomic E-state index is 12.5. The van der Waals surface area contributed by atoms with Crippen LogP contribution in [0.25, 0.3) is 0 Å². The molecular weight excluding hydrogens is 759 g/mol. The number of allylic oxidation sites excluding steroid dienone is 13. The van der Waals surface area contributed by atoms with E-state index in [2.05, 4.69) is 92.1 Å². The van der Waals surface area contributed by atoms with Crippen molar-refractivity contribution in [2.45, 2.75) is 270 Å². The van der Waals surface area contributed by atoms with E-state index in [4.69, 9.17) is 0 Å². The van der Waals surface area contributed by atoms with E-state index in [1.807, 2.05) is 6.08 Å². The first-order valence-corrected chi connectivity index (χ1v) is 26.8. The van der Waals surface area contributed by atoms with Crippen LogP contribution in [0.2, 0.25) is 0 Å². The Morgan fingerprint density at radius 2 is 0.710 bits per heavy atom. The van der Waals surface area contributed by atoms with E-state index in [9.17, 15) is 15.0 Å². The van der Waals surface area contributed by atoms with Crippen LogP contribution in [0.4, 0.5) is 0 Å². The SMILES string of the molecule is CC/C=C\C/C=C\C/C=C\C/C=C\C/C=C\C/C=C\CCCCCCCCCCCCCCC(=O)NC(CO)C(O)/C=C/CCCCCCCCCCCCCCCCCCC. The highest BCUT2D eigenvalue weighted by atomic mass is 16.3. The topological polar surface area (TPSA) is 69.6 Å². The van der Waals surface area contributed by atoms with Gasteiger partial charge in [-0.2, -0.15) is 0 Å². The molecule has 0 aromatic carbocycles. The van der Waals surface area contributed by atoms with Crippen molar-refractivity contribution in [3.63, 3.8) is 0 Å². The lowest BCUT2D eigenvalue weighted by atomic mass is 10.0. The van der Waals surface area contributed by atoms with Gasteiger partial charge in [0.25, 0.3) is 0 Å². The summed E-state index contributed by atoms with van der Waals surface area (Å²) in [7, 11) is 0. The number of aliphatic hydroxyl groups is 2. The van der Waals surface area contributed by atoms with Gasteiger partial charge in [-0.15, -0.1) is 0 Å². The molecule has 62 heavy (non-hydrogen) atoms. The molecule has 1 amide bonds. The molecule has 3 N–H and O–H groups in total. The van der Waals surface area contributed by atoms with Crippen molar-refractivity contribution >= 4 is 5.91 Å². The van der Waals surface area contributed by atoms with Gasteiger partial charge in [0.05, 0.1) is 18.8 Å². The Morgan fingerprint density at radius 1 is 0.403 bits per heavy atom. The highest BCUT2D eigenvalue weighted by molar-refractivity contribution is 5.76. The molecule has 4 heteroatoms. The van der Waals surface area contributed by atoms with Gasteiger partial charge in [-0.05, 0) is 70.6 Å². The Bertz CT molecular complexity index is 1110. The minimum Gasteiger partial charge on any atom is -0.394 e. The molecule has 4 nitrogen and oxygen atoms in total. The van der Waals surface area contributed by atoms with Crippen LogP contribution in [0.5, 0.6) is 0 Å². The molecule has 0 rings (SSSR count). The Balaban J connectivity index is 3.55. The fourth-order valence-corrected chi connectivity index (χ4v) is 7.83. The van der Waals surface area contributed by atoms with Gasteiger partial charge in [0.15, 0.2) is 0 Å². The second-order valence-corrected chi connectivity index (χ2v) is 17.9. The summed E-state index contributed by atoms with van der Waals surface area (Å²) < 4.78 is 0. The first kappa shape index (κ1) is 59.6. The summed E-state index contributed by atoms with van der Waals surface area (Å²) in [6.07, 6.45) is 77.2. The molecule has 0 saturated carbocycles. The molecule has 0 aliphatic carbocycles. The van der Waals surface area contributed by atoms with Crippen LogP contribution in [0.3, 0.4) is 0 Å². The molecule has 0 fully saturated rings. The number of carbonyl (C=O) groups excluding carboxylic acids is 1. The minimum absolute atomic E-state index is 0.0676. The fourth-order valence-electron chi connectivity index (χ4n) is 7.83. The smallest absolute Gasteiger partial charge is 0.220 e. The lowest BCUT2D eigenvalue weighted by molar-refractivity contribution is -0.123. The lowest BCUT2D eigenvalue weighted by Crippen LogP contribution is -2.45. The third-order valence-corrected chi connectivity index (χ3v) is 11.9. The number of carbonyl (C=O) groups is 1. The van der Waals surface area contributed by atoms with Crippen molar-refractivity contribution in [3.8, 4) is 0 Å². The summed E-state index contributed by atoms with van der Waals surface area (Å²) in [5.41, 5.74) is 0. The maximum absolute atomic E-state index is 12.5. The zero-order valence-electron chi connectivity index (χ0n) is 41.1. The van der Waals surface area contributed by atoms with Gasteiger partial charge in [0.2, 0.25) is 5.91 Å². The van der Waals surface area contributed by atoms with Crippen LogP contribution < -0.4 is 5.32 Å². The third-order valence-electron chi connectivity index (χ3n) is 11.9. The Morgan fingerprint density at radius 3 is 1.06 bits per heavy atom. The van der Waals surface area contributed by atoms with E-state index < -0.39 is 12.1 Å². The molecular formula is C58H103NO3. The van der Waals surface area contributed by atoms with Crippen LogP contribution in [0.1, 0.15) is 258 Å². The predicted molar refractivity (Wildman–Crippen MR) is 276 cm³/mol. The van der Waals surface area contributed by atoms with Gasteiger partial charge in [-0.25, -0.2) is 0 Å². The molecule has 358 valence electrons. The molecule has 0 saturated heterocycles. The Labute approximate surface area is 386 Å². The molecule has 0 aromatic rings. The van der Waals surface area contributed by atoms with Crippen molar-refractivity contribution in [2.24, 2.45) is 0 Å². The molecule has 0 heterocycles. The number of amides is 1. The van der Waals surface area contributed by atoms with Gasteiger partial charge in [-0.1, -0.05) is 266 Å². The second kappa shape index (κ2) is 52.9. The fraction of sp³-hybridized carbons (Fsp3) is 0.741. The normalized spacial score (nSPS) is 13.5. The van der Waals surface area contributed by atoms with Gasteiger partial charge >= 0.3 is 0 Å². The van der Waals surface area contributed by atoms with E-state index in [0.29, 0.717) is 6.42 Å². The highest BCUT2D eigenvalue weighted by Gasteiger charge is 2.18. The summed E-state index contributed by atoms with van der Waals surface area (Å²) in [5, 5.41) is 23.1. The number of rotatable bonds is 48. The third kappa shape index (κ3) is 48.6. The molecule has 2 atom stereocenters. The van der Waals surface area contributed by atoms with Crippen LogP contribution in [0, 0.1) is 0 Å².